The number of amides is 2. The fourth-order valence-electron chi connectivity index (χ4n) is 1.70. The molecule has 0 saturated carbocycles. The summed E-state index contributed by atoms with van der Waals surface area (Å²) in [7, 11) is 3.01. The van der Waals surface area contributed by atoms with Gasteiger partial charge in [-0.1, -0.05) is 0 Å². The quantitative estimate of drug-likeness (QED) is 0.896. The molecular formula is C13H12F2N4O2. The van der Waals surface area contributed by atoms with Gasteiger partial charge in [-0.05, 0) is 18.2 Å². The number of benzene rings is 1. The fourth-order valence-corrected chi connectivity index (χ4v) is 1.70. The first kappa shape index (κ1) is 14.6. The average Bonchev–Trinajstić information content (AvgIpc) is 2.81. The van der Waals surface area contributed by atoms with Crippen LogP contribution in [0.3, 0.4) is 0 Å². The molecule has 0 radical (unpaired) electrons. The molecule has 0 aliphatic carbocycles. The Labute approximate surface area is 118 Å². The molecule has 0 fully saturated rings. The first-order valence-electron chi connectivity index (χ1n) is 5.94. The predicted molar refractivity (Wildman–Crippen MR) is 70.9 cm³/mol. The first-order chi connectivity index (χ1) is 9.92. The van der Waals surface area contributed by atoms with Crippen LogP contribution in [0.25, 0.3) is 0 Å². The van der Waals surface area contributed by atoms with E-state index in [4.69, 9.17) is 0 Å². The minimum absolute atomic E-state index is 0.0240. The highest BCUT2D eigenvalue weighted by molar-refractivity contribution is 6.08. The largest absolute Gasteiger partial charge is 0.354 e. The second-order valence-electron chi connectivity index (χ2n) is 4.23. The van der Waals surface area contributed by atoms with Gasteiger partial charge in [0.15, 0.2) is 17.3 Å². The second-order valence-corrected chi connectivity index (χ2v) is 4.23. The van der Waals surface area contributed by atoms with Crippen LogP contribution in [0.4, 0.5) is 14.5 Å². The number of nitrogens with zero attached hydrogens (tertiary/aromatic N) is 2. The first-order valence-corrected chi connectivity index (χ1v) is 5.94. The fraction of sp³-hybridized carbons (Fsp3) is 0.154. The molecule has 0 bridgehead atoms. The van der Waals surface area contributed by atoms with Crippen LogP contribution in [0.1, 0.15) is 20.8 Å². The van der Waals surface area contributed by atoms with Crippen LogP contribution in [0, 0.1) is 11.6 Å². The van der Waals surface area contributed by atoms with Crippen LogP contribution in [-0.2, 0) is 7.05 Å². The molecule has 1 aromatic heterocycles. The lowest BCUT2D eigenvalue weighted by atomic mass is 10.2. The van der Waals surface area contributed by atoms with Gasteiger partial charge >= 0.3 is 0 Å². The average molecular weight is 294 g/mol. The van der Waals surface area contributed by atoms with Crippen molar-refractivity contribution < 1.29 is 18.4 Å². The molecule has 1 heterocycles. The number of aromatic nitrogens is 2. The van der Waals surface area contributed by atoms with Gasteiger partial charge in [0.05, 0.1) is 5.69 Å². The molecule has 0 saturated heterocycles. The number of aryl methyl sites for hydroxylation is 1. The molecule has 21 heavy (non-hydrogen) atoms. The summed E-state index contributed by atoms with van der Waals surface area (Å²) in [4.78, 5) is 23.6. The molecule has 1 aromatic carbocycles. The number of carbonyl (C=O) groups is 2. The molecule has 2 aromatic rings. The third kappa shape index (κ3) is 3.04. The Morgan fingerprint density at radius 3 is 2.52 bits per heavy atom. The van der Waals surface area contributed by atoms with E-state index in [2.05, 4.69) is 15.7 Å². The maximum atomic E-state index is 13.1. The lowest BCUT2D eigenvalue weighted by Crippen LogP contribution is -2.21. The van der Waals surface area contributed by atoms with Gasteiger partial charge < -0.3 is 10.6 Å². The highest BCUT2D eigenvalue weighted by atomic mass is 19.2. The summed E-state index contributed by atoms with van der Waals surface area (Å²) in [6, 6.07) is 2.78. The van der Waals surface area contributed by atoms with Crippen molar-refractivity contribution in [3.8, 4) is 0 Å². The van der Waals surface area contributed by atoms with E-state index < -0.39 is 23.4 Å². The number of hydrogen-bond donors (Lipinski definition) is 2. The molecule has 6 nitrogen and oxygen atoms in total. The summed E-state index contributed by atoms with van der Waals surface area (Å²) in [6.07, 6.45) is 1.43. The second kappa shape index (κ2) is 5.70. The van der Waals surface area contributed by atoms with Crippen molar-refractivity contribution in [1.29, 1.82) is 0 Å². The van der Waals surface area contributed by atoms with E-state index in [1.807, 2.05) is 0 Å². The van der Waals surface area contributed by atoms with Crippen LogP contribution in [0.5, 0.6) is 0 Å². The molecule has 2 N–H and O–H groups in total. The molecule has 2 rings (SSSR count). The predicted octanol–water partition coefficient (Wildman–Crippen LogP) is 1.31. The summed E-state index contributed by atoms with van der Waals surface area (Å²) >= 11 is 0. The van der Waals surface area contributed by atoms with Crippen molar-refractivity contribution in [2.24, 2.45) is 7.05 Å². The number of hydrogen-bond acceptors (Lipinski definition) is 3. The van der Waals surface area contributed by atoms with E-state index >= 15 is 0 Å². The van der Waals surface area contributed by atoms with Crippen LogP contribution in [0.2, 0.25) is 0 Å². The molecule has 110 valence electrons. The van der Waals surface area contributed by atoms with Crippen LogP contribution in [0.15, 0.2) is 24.4 Å². The molecule has 8 heteroatoms. The summed E-state index contributed by atoms with van der Waals surface area (Å²) in [5.74, 6) is -3.32. The Morgan fingerprint density at radius 2 is 1.90 bits per heavy atom. The summed E-state index contributed by atoms with van der Waals surface area (Å²) in [5.41, 5.74) is 0.128. The number of halogens is 2. The van der Waals surface area contributed by atoms with Gasteiger partial charge in [0, 0.05) is 25.9 Å². The molecule has 0 atom stereocenters. The van der Waals surface area contributed by atoms with E-state index in [1.165, 1.54) is 17.9 Å². The molecule has 0 aliphatic rings. The Kier molecular flexibility index (Phi) is 3.97. The Bertz CT molecular complexity index is 712. The van der Waals surface area contributed by atoms with E-state index in [1.54, 1.807) is 7.05 Å². The minimum Gasteiger partial charge on any atom is -0.354 e. The van der Waals surface area contributed by atoms with E-state index in [0.717, 1.165) is 18.2 Å². The monoisotopic (exact) mass is 294 g/mol. The van der Waals surface area contributed by atoms with Crippen LogP contribution in [-0.4, -0.2) is 28.6 Å². The number of anilines is 1. The molecule has 0 unspecified atom stereocenters. The normalized spacial score (nSPS) is 10.3. The minimum atomic E-state index is -1.12. The SMILES string of the molecule is CNC(=O)c1nn(C)cc1NC(=O)c1ccc(F)c(F)c1. The number of carbonyl (C=O) groups excluding carboxylic acids is 2. The van der Waals surface area contributed by atoms with Gasteiger partial charge in [-0.3, -0.25) is 14.3 Å². The zero-order valence-electron chi connectivity index (χ0n) is 11.3. The lowest BCUT2D eigenvalue weighted by Gasteiger charge is -2.05. The summed E-state index contributed by atoms with van der Waals surface area (Å²) in [5, 5.41) is 8.74. The topological polar surface area (TPSA) is 76.0 Å². The highest BCUT2D eigenvalue weighted by Gasteiger charge is 2.18. The van der Waals surface area contributed by atoms with Gasteiger partial charge in [0.2, 0.25) is 0 Å². The van der Waals surface area contributed by atoms with Crippen molar-refractivity contribution >= 4 is 17.5 Å². The van der Waals surface area contributed by atoms with Gasteiger partial charge in [0.1, 0.15) is 0 Å². The van der Waals surface area contributed by atoms with Gasteiger partial charge in [-0.2, -0.15) is 5.10 Å². The van der Waals surface area contributed by atoms with E-state index in [-0.39, 0.29) is 16.9 Å². The maximum Gasteiger partial charge on any atom is 0.273 e. The molecular weight excluding hydrogens is 282 g/mol. The molecule has 2 amide bonds. The zero-order chi connectivity index (χ0) is 15.6. The van der Waals surface area contributed by atoms with Gasteiger partial charge in [-0.25, -0.2) is 8.78 Å². The van der Waals surface area contributed by atoms with Crippen LogP contribution >= 0.6 is 0 Å². The van der Waals surface area contributed by atoms with E-state index in [9.17, 15) is 18.4 Å². The number of rotatable bonds is 3. The lowest BCUT2D eigenvalue weighted by molar-refractivity contribution is 0.0958. The summed E-state index contributed by atoms with van der Waals surface area (Å²) < 4.78 is 27.3. The van der Waals surface area contributed by atoms with Crippen molar-refractivity contribution in [2.75, 3.05) is 12.4 Å². The van der Waals surface area contributed by atoms with E-state index in [0.29, 0.717) is 0 Å². The standard InChI is InChI=1S/C13H12F2N4O2/c1-16-13(21)11-10(6-19(2)18-11)17-12(20)7-3-4-8(14)9(15)5-7/h3-6H,1-2H3,(H,16,21)(H,17,20). The Balaban J connectivity index is 2.27. The smallest absolute Gasteiger partial charge is 0.273 e. The third-order valence-electron chi connectivity index (χ3n) is 2.70. The third-order valence-corrected chi connectivity index (χ3v) is 2.70. The summed E-state index contributed by atoms with van der Waals surface area (Å²) in [6.45, 7) is 0. The van der Waals surface area contributed by atoms with Crippen molar-refractivity contribution in [3.63, 3.8) is 0 Å². The molecule has 0 aliphatic heterocycles. The Morgan fingerprint density at radius 1 is 1.19 bits per heavy atom. The molecule has 0 spiro atoms. The Hall–Kier alpha value is -2.77. The maximum absolute atomic E-state index is 13.1. The van der Waals surface area contributed by atoms with Crippen molar-refractivity contribution in [1.82, 2.24) is 15.1 Å². The van der Waals surface area contributed by atoms with Crippen molar-refractivity contribution in [2.45, 2.75) is 0 Å². The van der Waals surface area contributed by atoms with Crippen molar-refractivity contribution in [3.05, 3.63) is 47.3 Å². The zero-order valence-corrected chi connectivity index (χ0v) is 11.3. The highest BCUT2D eigenvalue weighted by Crippen LogP contribution is 2.16. The van der Waals surface area contributed by atoms with Gasteiger partial charge in [0.25, 0.3) is 11.8 Å². The number of nitrogens with one attached hydrogen (secondary N) is 2. The van der Waals surface area contributed by atoms with Crippen LogP contribution < -0.4 is 10.6 Å². The van der Waals surface area contributed by atoms with Gasteiger partial charge in [-0.15, -0.1) is 0 Å².